The zero-order valence-corrected chi connectivity index (χ0v) is 8.54. The Bertz CT molecular complexity index is 213. The number of piperidine rings is 1. The highest BCUT2D eigenvalue weighted by molar-refractivity contribution is 5.93. The molecule has 1 amide bonds. The first-order chi connectivity index (χ1) is 5.83. The summed E-state index contributed by atoms with van der Waals surface area (Å²) in [6, 6.07) is 0.270. The molecule has 0 spiro atoms. The molecule has 1 aliphatic heterocycles. The Morgan fingerprint density at radius 3 is 2.92 bits per heavy atom. The zero-order chi connectivity index (χ0) is 8.81. The van der Waals surface area contributed by atoms with Gasteiger partial charge in [-0.15, -0.1) is 12.4 Å². The second kappa shape index (κ2) is 6.76. The highest BCUT2D eigenvalue weighted by Gasteiger charge is 2.13. The maximum Gasteiger partial charge on any atom is 0.296 e. The van der Waals surface area contributed by atoms with Gasteiger partial charge in [-0.25, -0.2) is 0 Å². The Kier molecular flexibility index (Phi) is 6.38. The number of hydrogen-bond acceptors (Lipinski definition) is 2. The Morgan fingerprint density at radius 2 is 2.38 bits per heavy atom. The van der Waals surface area contributed by atoms with Crippen molar-refractivity contribution in [1.82, 2.24) is 10.6 Å². The second-order valence-corrected chi connectivity index (χ2v) is 2.89. The van der Waals surface area contributed by atoms with E-state index in [1.54, 1.807) is 6.92 Å². The van der Waals surface area contributed by atoms with Crippen molar-refractivity contribution in [3.63, 3.8) is 0 Å². The lowest BCUT2D eigenvalue weighted by molar-refractivity contribution is -0.116. The van der Waals surface area contributed by atoms with Gasteiger partial charge in [0.25, 0.3) is 5.91 Å². The minimum absolute atomic E-state index is 0. The summed E-state index contributed by atoms with van der Waals surface area (Å²) in [5.41, 5.74) is 0. The molecule has 0 unspecified atom stereocenters. The van der Waals surface area contributed by atoms with Crippen LogP contribution in [-0.4, -0.2) is 25.0 Å². The van der Waals surface area contributed by atoms with Crippen LogP contribution in [0, 0.1) is 11.8 Å². The molecular weight excluding hydrogens is 188 g/mol. The minimum Gasteiger partial charge on any atom is -0.341 e. The molecule has 1 atom stereocenters. The monoisotopic (exact) mass is 202 g/mol. The SMILES string of the molecule is CC#CC(=O)N[C@H]1CCCNC1.Cl. The Balaban J connectivity index is 0.00000144. The molecule has 13 heavy (non-hydrogen) atoms. The van der Waals surface area contributed by atoms with Crippen LogP contribution in [0.25, 0.3) is 0 Å². The van der Waals surface area contributed by atoms with Gasteiger partial charge in [-0.05, 0) is 32.2 Å². The average Bonchev–Trinajstić information content (AvgIpc) is 2.06. The molecule has 0 aromatic rings. The summed E-state index contributed by atoms with van der Waals surface area (Å²) < 4.78 is 0. The Labute approximate surface area is 85.1 Å². The summed E-state index contributed by atoms with van der Waals surface area (Å²) in [7, 11) is 0. The second-order valence-electron chi connectivity index (χ2n) is 2.89. The summed E-state index contributed by atoms with van der Waals surface area (Å²) in [6.07, 6.45) is 2.19. The van der Waals surface area contributed by atoms with Crippen LogP contribution in [0.4, 0.5) is 0 Å². The lowest BCUT2D eigenvalue weighted by Crippen LogP contribution is -2.45. The first-order valence-corrected chi connectivity index (χ1v) is 4.27. The number of rotatable bonds is 1. The summed E-state index contributed by atoms with van der Waals surface area (Å²) in [6.45, 7) is 3.60. The summed E-state index contributed by atoms with van der Waals surface area (Å²) in [4.78, 5) is 11.0. The third kappa shape index (κ3) is 4.76. The van der Waals surface area contributed by atoms with Crippen molar-refractivity contribution in [2.75, 3.05) is 13.1 Å². The fraction of sp³-hybridized carbons (Fsp3) is 0.667. The highest BCUT2D eigenvalue weighted by atomic mass is 35.5. The predicted molar refractivity (Wildman–Crippen MR) is 54.7 cm³/mol. The number of amides is 1. The smallest absolute Gasteiger partial charge is 0.296 e. The van der Waals surface area contributed by atoms with Gasteiger partial charge in [0, 0.05) is 12.6 Å². The molecular formula is C9H15ClN2O. The van der Waals surface area contributed by atoms with Gasteiger partial charge in [-0.3, -0.25) is 4.79 Å². The lowest BCUT2D eigenvalue weighted by atomic mass is 10.1. The fourth-order valence-electron chi connectivity index (χ4n) is 1.31. The van der Waals surface area contributed by atoms with E-state index in [0.29, 0.717) is 0 Å². The summed E-state index contributed by atoms with van der Waals surface area (Å²) in [5, 5.41) is 6.06. The number of halogens is 1. The molecule has 2 N–H and O–H groups in total. The van der Waals surface area contributed by atoms with Gasteiger partial charge in [0.15, 0.2) is 0 Å². The first-order valence-electron chi connectivity index (χ1n) is 4.27. The van der Waals surface area contributed by atoms with E-state index in [0.717, 1.165) is 25.9 Å². The topological polar surface area (TPSA) is 41.1 Å². The molecule has 1 rings (SSSR count). The van der Waals surface area contributed by atoms with E-state index < -0.39 is 0 Å². The van der Waals surface area contributed by atoms with E-state index in [-0.39, 0.29) is 24.4 Å². The van der Waals surface area contributed by atoms with Crippen LogP contribution in [0.15, 0.2) is 0 Å². The van der Waals surface area contributed by atoms with Gasteiger partial charge >= 0.3 is 0 Å². The molecule has 0 radical (unpaired) electrons. The van der Waals surface area contributed by atoms with Crippen molar-refractivity contribution in [1.29, 1.82) is 0 Å². The molecule has 0 aliphatic carbocycles. The lowest BCUT2D eigenvalue weighted by Gasteiger charge is -2.22. The number of carbonyl (C=O) groups excluding carboxylic acids is 1. The van der Waals surface area contributed by atoms with E-state index in [1.807, 2.05) is 0 Å². The largest absolute Gasteiger partial charge is 0.341 e. The maximum absolute atomic E-state index is 11.0. The molecule has 0 aromatic carbocycles. The van der Waals surface area contributed by atoms with Crippen molar-refractivity contribution in [3.05, 3.63) is 0 Å². The van der Waals surface area contributed by atoms with Gasteiger partial charge in [0.1, 0.15) is 0 Å². The van der Waals surface area contributed by atoms with Crippen LogP contribution in [-0.2, 0) is 4.79 Å². The van der Waals surface area contributed by atoms with Crippen molar-refractivity contribution in [3.8, 4) is 11.8 Å². The van der Waals surface area contributed by atoms with Crippen molar-refractivity contribution >= 4 is 18.3 Å². The first kappa shape index (κ1) is 12.3. The van der Waals surface area contributed by atoms with E-state index in [4.69, 9.17) is 0 Å². The minimum atomic E-state index is -0.161. The van der Waals surface area contributed by atoms with Gasteiger partial charge in [-0.2, -0.15) is 0 Å². The van der Waals surface area contributed by atoms with Gasteiger partial charge < -0.3 is 10.6 Å². The molecule has 1 saturated heterocycles. The van der Waals surface area contributed by atoms with E-state index in [2.05, 4.69) is 22.5 Å². The van der Waals surface area contributed by atoms with Crippen LogP contribution in [0.2, 0.25) is 0 Å². The summed E-state index contributed by atoms with van der Waals surface area (Å²) >= 11 is 0. The quantitative estimate of drug-likeness (QED) is 0.601. The number of carbonyl (C=O) groups is 1. The van der Waals surface area contributed by atoms with Gasteiger partial charge in [0.05, 0.1) is 0 Å². The average molecular weight is 203 g/mol. The summed E-state index contributed by atoms with van der Waals surface area (Å²) in [5.74, 6) is 4.88. The molecule has 3 nitrogen and oxygen atoms in total. The Hall–Kier alpha value is -0.720. The third-order valence-corrected chi connectivity index (χ3v) is 1.87. The molecule has 1 fully saturated rings. The standard InChI is InChI=1S/C9H14N2O.ClH/c1-2-4-9(12)11-8-5-3-6-10-7-8;/h8,10H,3,5-7H2,1H3,(H,11,12);1H/t8-;/m0./s1. The van der Waals surface area contributed by atoms with Crippen LogP contribution >= 0.6 is 12.4 Å². The van der Waals surface area contributed by atoms with E-state index in [1.165, 1.54) is 0 Å². The fourth-order valence-corrected chi connectivity index (χ4v) is 1.31. The zero-order valence-electron chi connectivity index (χ0n) is 7.72. The van der Waals surface area contributed by atoms with Gasteiger partial charge in [-0.1, -0.05) is 5.92 Å². The van der Waals surface area contributed by atoms with Crippen LogP contribution in [0.5, 0.6) is 0 Å². The third-order valence-electron chi connectivity index (χ3n) is 1.87. The van der Waals surface area contributed by atoms with Crippen LogP contribution in [0.1, 0.15) is 19.8 Å². The number of nitrogens with one attached hydrogen (secondary N) is 2. The van der Waals surface area contributed by atoms with Crippen molar-refractivity contribution in [2.24, 2.45) is 0 Å². The highest BCUT2D eigenvalue weighted by Crippen LogP contribution is 2.00. The number of hydrogen-bond donors (Lipinski definition) is 2. The van der Waals surface area contributed by atoms with Gasteiger partial charge in [0.2, 0.25) is 0 Å². The van der Waals surface area contributed by atoms with E-state index >= 15 is 0 Å². The molecule has 0 saturated carbocycles. The molecule has 0 bridgehead atoms. The van der Waals surface area contributed by atoms with Crippen LogP contribution < -0.4 is 10.6 Å². The molecule has 0 aromatic heterocycles. The van der Waals surface area contributed by atoms with Crippen molar-refractivity contribution in [2.45, 2.75) is 25.8 Å². The van der Waals surface area contributed by atoms with E-state index in [9.17, 15) is 4.79 Å². The predicted octanol–water partition coefficient (Wildman–Crippen LogP) is 0.300. The maximum atomic E-state index is 11.0. The normalized spacial score (nSPS) is 20.5. The van der Waals surface area contributed by atoms with Crippen molar-refractivity contribution < 1.29 is 4.79 Å². The molecule has 4 heteroatoms. The Morgan fingerprint density at radius 1 is 1.62 bits per heavy atom. The van der Waals surface area contributed by atoms with Crippen LogP contribution in [0.3, 0.4) is 0 Å². The molecule has 1 aliphatic rings. The molecule has 1 heterocycles. The molecule has 74 valence electrons.